The third-order valence-corrected chi connectivity index (χ3v) is 4.44. The molecule has 2 aromatic rings. The van der Waals surface area contributed by atoms with Crippen LogP contribution < -0.4 is 5.32 Å². The van der Waals surface area contributed by atoms with Gasteiger partial charge in [0, 0.05) is 6.04 Å². The van der Waals surface area contributed by atoms with Gasteiger partial charge in [-0.15, -0.1) is 12.4 Å². The van der Waals surface area contributed by atoms with Crippen LogP contribution in [-0.4, -0.2) is 11.7 Å². The number of hydrogen-bond acceptors (Lipinski definition) is 2. The summed E-state index contributed by atoms with van der Waals surface area (Å²) in [6.45, 7) is 3.16. The van der Waals surface area contributed by atoms with Gasteiger partial charge in [-0.1, -0.05) is 18.2 Å². The van der Waals surface area contributed by atoms with Crippen molar-refractivity contribution in [2.75, 3.05) is 6.54 Å². The summed E-state index contributed by atoms with van der Waals surface area (Å²) in [7, 11) is 0. The molecule has 20 heavy (non-hydrogen) atoms. The maximum Gasteiger partial charge on any atom is 0.116 e. The molecule has 0 spiro atoms. The van der Waals surface area contributed by atoms with E-state index in [0.29, 0.717) is 11.8 Å². The molecular formula is C17H18ClNO. The van der Waals surface area contributed by atoms with Crippen LogP contribution in [0, 0.1) is 6.92 Å². The van der Waals surface area contributed by atoms with Gasteiger partial charge in [0.15, 0.2) is 0 Å². The Morgan fingerprint density at radius 2 is 2.05 bits per heavy atom. The minimum absolute atomic E-state index is 0. The predicted molar refractivity (Wildman–Crippen MR) is 83.7 cm³/mol. The summed E-state index contributed by atoms with van der Waals surface area (Å²) in [6.07, 6.45) is 2.07. The Bertz CT molecular complexity index is 681. The molecule has 1 atom stereocenters. The van der Waals surface area contributed by atoms with Crippen molar-refractivity contribution in [1.82, 2.24) is 5.32 Å². The van der Waals surface area contributed by atoms with E-state index in [4.69, 9.17) is 0 Å². The smallest absolute Gasteiger partial charge is 0.116 e. The molecule has 1 aliphatic carbocycles. The van der Waals surface area contributed by atoms with Crippen LogP contribution in [0.15, 0.2) is 30.3 Å². The van der Waals surface area contributed by atoms with Crippen LogP contribution in [0.3, 0.4) is 0 Å². The van der Waals surface area contributed by atoms with Crippen LogP contribution in [0.25, 0.3) is 11.1 Å². The average molecular weight is 288 g/mol. The highest BCUT2D eigenvalue weighted by atomic mass is 35.5. The van der Waals surface area contributed by atoms with E-state index in [0.717, 1.165) is 19.4 Å². The molecule has 0 fully saturated rings. The lowest BCUT2D eigenvalue weighted by Gasteiger charge is -2.35. The van der Waals surface area contributed by atoms with Crippen molar-refractivity contribution < 1.29 is 5.11 Å². The van der Waals surface area contributed by atoms with Gasteiger partial charge in [-0.3, -0.25) is 0 Å². The second-order valence-corrected chi connectivity index (χ2v) is 5.64. The Hall–Kier alpha value is -1.51. The summed E-state index contributed by atoms with van der Waals surface area (Å²) in [6, 6.07) is 10.8. The van der Waals surface area contributed by atoms with Gasteiger partial charge in [0.25, 0.3) is 0 Å². The number of phenols is 1. The minimum Gasteiger partial charge on any atom is -0.508 e. The number of nitrogens with one attached hydrogen (secondary N) is 1. The molecule has 104 valence electrons. The van der Waals surface area contributed by atoms with E-state index < -0.39 is 0 Å². The zero-order valence-corrected chi connectivity index (χ0v) is 12.3. The van der Waals surface area contributed by atoms with E-state index in [2.05, 4.69) is 30.4 Å². The maximum absolute atomic E-state index is 10.0. The number of hydrogen-bond donors (Lipinski definition) is 2. The molecule has 0 amide bonds. The van der Waals surface area contributed by atoms with E-state index >= 15 is 0 Å². The standard InChI is InChI=1S/C17H17NO.ClH/c1-10-3-2-4-11-8-15-17-12(5-6-18-15)7-13(19)9-14(17)16(10)11;/h2-4,7,9,15,18-19H,5-6,8H2,1H3;1H. The Labute approximate surface area is 125 Å². The van der Waals surface area contributed by atoms with Gasteiger partial charge in [0.05, 0.1) is 0 Å². The molecule has 0 aromatic heterocycles. The zero-order valence-electron chi connectivity index (χ0n) is 11.4. The molecule has 1 heterocycles. The average Bonchev–Trinajstić information content (AvgIpc) is 2.38. The van der Waals surface area contributed by atoms with E-state index in [1.54, 1.807) is 0 Å². The first kappa shape index (κ1) is 13.5. The summed E-state index contributed by atoms with van der Waals surface area (Å²) in [4.78, 5) is 0. The normalized spacial score (nSPS) is 18.8. The second kappa shape index (κ2) is 4.80. The number of aryl methyl sites for hydroxylation is 1. The molecule has 0 saturated carbocycles. The summed E-state index contributed by atoms with van der Waals surface area (Å²) < 4.78 is 0. The summed E-state index contributed by atoms with van der Waals surface area (Å²) in [5, 5.41) is 13.6. The van der Waals surface area contributed by atoms with Crippen molar-refractivity contribution in [3.8, 4) is 16.9 Å². The van der Waals surface area contributed by atoms with Gasteiger partial charge in [0.2, 0.25) is 0 Å². The molecule has 0 saturated heterocycles. The van der Waals surface area contributed by atoms with Crippen LogP contribution in [0.2, 0.25) is 0 Å². The number of fused-ring (bicyclic) bond motifs is 2. The summed E-state index contributed by atoms with van der Waals surface area (Å²) in [5.74, 6) is 0.394. The third kappa shape index (κ3) is 1.83. The summed E-state index contributed by atoms with van der Waals surface area (Å²) >= 11 is 0. The first-order chi connectivity index (χ1) is 9.24. The zero-order chi connectivity index (χ0) is 13.0. The van der Waals surface area contributed by atoms with Crippen molar-refractivity contribution >= 4 is 12.4 Å². The van der Waals surface area contributed by atoms with Gasteiger partial charge in [0.1, 0.15) is 5.75 Å². The fourth-order valence-electron chi connectivity index (χ4n) is 3.68. The first-order valence-electron chi connectivity index (χ1n) is 6.92. The molecular weight excluding hydrogens is 270 g/mol. The maximum atomic E-state index is 10.0. The number of phenolic OH excluding ortho intramolecular Hbond substituents is 1. The Kier molecular flexibility index (Phi) is 3.23. The fourth-order valence-corrected chi connectivity index (χ4v) is 3.68. The molecule has 2 aliphatic rings. The molecule has 0 radical (unpaired) electrons. The van der Waals surface area contributed by atoms with Gasteiger partial charge in [-0.05, 0) is 71.8 Å². The van der Waals surface area contributed by atoms with E-state index in [1.165, 1.54) is 33.4 Å². The Morgan fingerprint density at radius 1 is 1.20 bits per heavy atom. The second-order valence-electron chi connectivity index (χ2n) is 5.64. The van der Waals surface area contributed by atoms with Gasteiger partial charge >= 0.3 is 0 Å². The quantitative estimate of drug-likeness (QED) is 0.777. The van der Waals surface area contributed by atoms with Crippen LogP contribution in [-0.2, 0) is 12.8 Å². The van der Waals surface area contributed by atoms with E-state index in [1.807, 2.05) is 12.1 Å². The van der Waals surface area contributed by atoms with E-state index in [9.17, 15) is 5.11 Å². The molecule has 1 aliphatic heterocycles. The van der Waals surface area contributed by atoms with Crippen LogP contribution >= 0.6 is 12.4 Å². The number of benzene rings is 2. The highest BCUT2D eigenvalue weighted by Crippen LogP contribution is 2.44. The molecule has 2 nitrogen and oxygen atoms in total. The first-order valence-corrected chi connectivity index (χ1v) is 6.92. The molecule has 1 unspecified atom stereocenters. The number of aromatic hydroxyl groups is 1. The van der Waals surface area contributed by atoms with Crippen molar-refractivity contribution in [2.45, 2.75) is 25.8 Å². The lowest BCUT2D eigenvalue weighted by molar-refractivity contribution is 0.466. The third-order valence-electron chi connectivity index (χ3n) is 4.44. The van der Waals surface area contributed by atoms with E-state index in [-0.39, 0.29) is 12.4 Å². The minimum atomic E-state index is 0. The predicted octanol–water partition coefficient (Wildman–Crippen LogP) is 3.53. The Morgan fingerprint density at radius 3 is 2.90 bits per heavy atom. The molecule has 3 heteroatoms. The van der Waals surface area contributed by atoms with Gasteiger partial charge < -0.3 is 10.4 Å². The van der Waals surface area contributed by atoms with Crippen LogP contribution in [0.4, 0.5) is 0 Å². The van der Waals surface area contributed by atoms with Gasteiger partial charge in [-0.2, -0.15) is 0 Å². The van der Waals surface area contributed by atoms with Crippen molar-refractivity contribution in [1.29, 1.82) is 0 Å². The van der Waals surface area contributed by atoms with Crippen molar-refractivity contribution in [2.24, 2.45) is 0 Å². The van der Waals surface area contributed by atoms with Crippen LogP contribution in [0.1, 0.15) is 28.3 Å². The SMILES string of the molecule is Cc1cccc2c1-c1cc(O)cc3c1C(C2)NCC3.Cl. The fraction of sp³-hybridized carbons (Fsp3) is 0.294. The highest BCUT2D eigenvalue weighted by Gasteiger charge is 2.30. The molecule has 2 aromatic carbocycles. The lowest BCUT2D eigenvalue weighted by atomic mass is 9.76. The monoisotopic (exact) mass is 287 g/mol. The van der Waals surface area contributed by atoms with Crippen molar-refractivity contribution in [3.63, 3.8) is 0 Å². The topological polar surface area (TPSA) is 32.3 Å². The molecule has 4 rings (SSSR count). The molecule has 0 bridgehead atoms. The van der Waals surface area contributed by atoms with Crippen LogP contribution in [0.5, 0.6) is 5.75 Å². The van der Waals surface area contributed by atoms with Crippen molar-refractivity contribution in [3.05, 3.63) is 52.6 Å². The Balaban J connectivity index is 0.00000121. The number of halogens is 1. The number of rotatable bonds is 0. The largest absolute Gasteiger partial charge is 0.508 e. The molecule has 2 N–H and O–H groups in total. The summed E-state index contributed by atoms with van der Waals surface area (Å²) in [5.41, 5.74) is 7.97. The van der Waals surface area contributed by atoms with Gasteiger partial charge in [-0.25, -0.2) is 0 Å². The lowest BCUT2D eigenvalue weighted by Crippen LogP contribution is -2.33. The highest BCUT2D eigenvalue weighted by molar-refractivity contribution is 5.85.